The molecule has 0 saturated heterocycles. The minimum Gasteiger partial charge on any atom is -0.270 e. The van der Waals surface area contributed by atoms with Gasteiger partial charge in [-0.2, -0.15) is 5.10 Å². The highest BCUT2D eigenvalue weighted by Crippen LogP contribution is 2.33. The Balaban J connectivity index is 0.00000289. The van der Waals surface area contributed by atoms with E-state index in [2.05, 4.69) is 46.6 Å². The first-order valence-electron chi connectivity index (χ1n) is 6.44. The van der Waals surface area contributed by atoms with Gasteiger partial charge in [-0.3, -0.25) is 4.68 Å². The second-order valence-corrected chi connectivity index (χ2v) is 6.78. The molecule has 2 heteroatoms. The van der Waals surface area contributed by atoms with Crippen molar-refractivity contribution in [2.75, 3.05) is 0 Å². The minimum absolute atomic E-state index is 0. The first kappa shape index (κ1) is 14.3. The molecule has 0 spiro atoms. The maximum absolute atomic E-state index is 8.09. The smallest absolute Gasteiger partial charge is 0.0715 e. The molecule has 17 heavy (non-hydrogen) atoms. The summed E-state index contributed by atoms with van der Waals surface area (Å²) in [5, 5.41) is 4.65. The number of rotatable bonds is 1. The summed E-state index contributed by atoms with van der Waals surface area (Å²) in [5.74, 6) is 0. The third kappa shape index (κ3) is 3.58. The highest BCUT2D eigenvalue weighted by atomic mass is 15.3. The van der Waals surface area contributed by atoms with Crippen molar-refractivity contribution in [3.05, 3.63) is 17.5 Å². The number of aromatic nitrogens is 2. The van der Waals surface area contributed by atoms with Gasteiger partial charge in [-0.15, -0.1) is 0 Å². The molecule has 0 aromatic carbocycles. The second kappa shape index (κ2) is 4.83. The molecule has 0 unspecified atom stereocenters. The van der Waals surface area contributed by atoms with E-state index in [1.807, 2.05) is 20.0 Å². The van der Waals surface area contributed by atoms with E-state index in [1.54, 1.807) is 4.68 Å². The van der Waals surface area contributed by atoms with Crippen LogP contribution < -0.4 is 0 Å². The van der Waals surface area contributed by atoms with Crippen molar-refractivity contribution in [2.24, 2.45) is 0 Å². The molecule has 1 heterocycles. The van der Waals surface area contributed by atoms with Gasteiger partial charge < -0.3 is 0 Å². The van der Waals surface area contributed by atoms with Gasteiger partial charge >= 0.3 is 0 Å². The van der Waals surface area contributed by atoms with E-state index in [9.17, 15) is 0 Å². The number of hydrogen-bond acceptors (Lipinski definition) is 1. The van der Waals surface area contributed by atoms with Crippen LogP contribution in [0.25, 0.3) is 0 Å². The summed E-state index contributed by atoms with van der Waals surface area (Å²) in [6, 6.07) is -0.705. The van der Waals surface area contributed by atoms with E-state index < -0.39 is 6.02 Å². The standard InChI is InChI=1S/C14H26N2.CH4/c1-10(2)16-9-11(13(3,4)5)12(15-16)14(6,7)8;/h9-10H,1-8H3;1H4/i10T;. The van der Waals surface area contributed by atoms with Gasteiger partial charge in [-0.05, 0) is 24.8 Å². The van der Waals surface area contributed by atoms with E-state index >= 15 is 0 Å². The van der Waals surface area contributed by atoms with E-state index in [4.69, 9.17) is 1.37 Å². The molecule has 0 atom stereocenters. The van der Waals surface area contributed by atoms with E-state index in [0.29, 0.717) is 0 Å². The third-order valence-electron chi connectivity index (χ3n) is 2.69. The summed E-state index contributed by atoms with van der Waals surface area (Å²) < 4.78 is 9.86. The molecule has 100 valence electrons. The highest BCUT2D eigenvalue weighted by molar-refractivity contribution is 5.30. The zero-order valence-corrected chi connectivity index (χ0v) is 12.0. The molecule has 0 aliphatic heterocycles. The fraction of sp³-hybridized carbons (Fsp3) is 0.800. The van der Waals surface area contributed by atoms with Crippen LogP contribution in [0.5, 0.6) is 0 Å². The Kier molecular flexibility index (Phi) is 4.06. The molecule has 2 nitrogen and oxygen atoms in total. The van der Waals surface area contributed by atoms with Gasteiger partial charge in [0.05, 0.1) is 7.06 Å². The Bertz CT molecular complexity index is 366. The van der Waals surface area contributed by atoms with Gasteiger partial charge in [0.25, 0.3) is 0 Å². The van der Waals surface area contributed by atoms with Crippen molar-refractivity contribution in [3.63, 3.8) is 0 Å². The Morgan fingerprint density at radius 1 is 1.12 bits per heavy atom. The predicted octanol–water partition coefficient (Wildman–Crippen LogP) is 4.70. The van der Waals surface area contributed by atoms with Crippen LogP contribution in [-0.4, -0.2) is 9.78 Å². The Morgan fingerprint density at radius 3 is 1.82 bits per heavy atom. The molecule has 1 aromatic rings. The normalized spacial score (nSPS) is 14.2. The van der Waals surface area contributed by atoms with Crippen molar-refractivity contribution in [3.8, 4) is 0 Å². The first-order valence-corrected chi connectivity index (χ1v) is 5.94. The maximum Gasteiger partial charge on any atom is 0.0715 e. The molecule has 0 bridgehead atoms. The fourth-order valence-corrected chi connectivity index (χ4v) is 1.71. The van der Waals surface area contributed by atoms with Crippen LogP contribution in [0.3, 0.4) is 0 Å². The quantitative estimate of drug-likeness (QED) is 0.696. The summed E-state index contributed by atoms with van der Waals surface area (Å²) in [6.45, 7) is 16.8. The molecular formula is C15H30N2. The van der Waals surface area contributed by atoms with E-state index in [-0.39, 0.29) is 18.3 Å². The fourth-order valence-electron chi connectivity index (χ4n) is 1.71. The summed E-state index contributed by atoms with van der Waals surface area (Å²) >= 11 is 0. The lowest BCUT2D eigenvalue weighted by atomic mass is 9.80. The zero-order valence-electron chi connectivity index (χ0n) is 13.0. The monoisotopic (exact) mass is 240 g/mol. The minimum atomic E-state index is -0.705. The molecule has 1 aromatic heterocycles. The first-order chi connectivity index (χ1) is 7.33. The van der Waals surface area contributed by atoms with Crippen LogP contribution in [0, 0.1) is 0 Å². The third-order valence-corrected chi connectivity index (χ3v) is 2.69. The average Bonchev–Trinajstić information content (AvgIpc) is 2.42. The van der Waals surface area contributed by atoms with Crippen LogP contribution in [0.2, 0.25) is 0 Å². The molecule has 1 rings (SSSR count). The van der Waals surface area contributed by atoms with Crippen molar-refractivity contribution in [1.29, 1.82) is 0 Å². The van der Waals surface area contributed by atoms with Crippen molar-refractivity contribution < 1.29 is 1.37 Å². The number of hydrogen-bond donors (Lipinski definition) is 0. The summed E-state index contributed by atoms with van der Waals surface area (Å²) in [6.07, 6.45) is 2.04. The molecular weight excluding hydrogens is 208 g/mol. The molecule has 0 N–H and O–H groups in total. The predicted molar refractivity (Wildman–Crippen MR) is 76.7 cm³/mol. The van der Waals surface area contributed by atoms with Gasteiger partial charge in [0, 0.05) is 17.6 Å². The summed E-state index contributed by atoms with van der Waals surface area (Å²) in [4.78, 5) is 0. The molecule has 0 aliphatic rings. The molecule has 0 radical (unpaired) electrons. The average molecular weight is 240 g/mol. The topological polar surface area (TPSA) is 17.8 Å². The Labute approximate surface area is 109 Å². The van der Waals surface area contributed by atoms with Crippen LogP contribution in [0.15, 0.2) is 6.20 Å². The van der Waals surface area contributed by atoms with Gasteiger partial charge in [0.1, 0.15) is 0 Å². The van der Waals surface area contributed by atoms with Crippen LogP contribution in [0.1, 0.15) is 81.5 Å². The van der Waals surface area contributed by atoms with Crippen molar-refractivity contribution in [1.82, 2.24) is 9.78 Å². The molecule has 0 amide bonds. The highest BCUT2D eigenvalue weighted by Gasteiger charge is 2.28. The second-order valence-electron chi connectivity index (χ2n) is 6.78. The van der Waals surface area contributed by atoms with Crippen molar-refractivity contribution in [2.45, 2.75) is 79.7 Å². The lowest BCUT2D eigenvalue weighted by Crippen LogP contribution is -2.21. The Morgan fingerprint density at radius 2 is 1.59 bits per heavy atom. The van der Waals surface area contributed by atoms with Crippen LogP contribution >= 0.6 is 0 Å². The van der Waals surface area contributed by atoms with Gasteiger partial charge in [-0.1, -0.05) is 49.0 Å². The lowest BCUT2D eigenvalue weighted by Gasteiger charge is -2.24. The summed E-state index contributed by atoms with van der Waals surface area (Å²) in [7, 11) is 0. The SMILES string of the molecule is C.[3H]C(C)(C)n1cc(C(C)(C)C)c(C(C)(C)C)n1. The lowest BCUT2D eigenvalue weighted by molar-refractivity contribution is 0.490. The zero-order chi connectivity index (χ0) is 13.6. The Hall–Kier alpha value is -0.790. The molecule has 0 saturated carbocycles. The molecule has 0 aliphatic carbocycles. The van der Waals surface area contributed by atoms with Crippen LogP contribution in [-0.2, 0) is 10.8 Å². The van der Waals surface area contributed by atoms with E-state index in [1.165, 1.54) is 5.56 Å². The molecule has 0 fully saturated rings. The van der Waals surface area contributed by atoms with E-state index in [0.717, 1.165) is 5.69 Å². The van der Waals surface area contributed by atoms with Gasteiger partial charge in [0.15, 0.2) is 0 Å². The van der Waals surface area contributed by atoms with Gasteiger partial charge in [-0.25, -0.2) is 0 Å². The summed E-state index contributed by atoms with van der Waals surface area (Å²) in [5.41, 5.74) is 2.42. The van der Waals surface area contributed by atoms with Gasteiger partial charge in [0.2, 0.25) is 0 Å². The number of nitrogens with zero attached hydrogens (tertiary/aromatic N) is 2. The van der Waals surface area contributed by atoms with Crippen molar-refractivity contribution >= 4 is 0 Å². The maximum atomic E-state index is 8.09. The van der Waals surface area contributed by atoms with Crippen LogP contribution in [0.4, 0.5) is 0 Å². The largest absolute Gasteiger partial charge is 0.270 e.